The molecule has 0 unspecified atom stereocenters. The van der Waals surface area contributed by atoms with E-state index < -0.39 is 18.3 Å². The van der Waals surface area contributed by atoms with Crippen LogP contribution in [0.4, 0.5) is 0 Å². The number of fused-ring (bicyclic) bond motifs is 2. The number of methoxy groups -OCH3 is 1. The molecule has 0 radical (unpaired) electrons. The first-order valence-corrected chi connectivity index (χ1v) is 28.9. The topological polar surface area (TPSA) is 188 Å². The van der Waals surface area contributed by atoms with Gasteiger partial charge in [-0.15, -0.1) is 0 Å². The number of aliphatic hydroxyl groups is 3. The first kappa shape index (κ1) is 52.9. The second-order valence-electron chi connectivity index (χ2n) is 24.3. The summed E-state index contributed by atoms with van der Waals surface area (Å²) in [5.41, 5.74) is 13.4. The van der Waals surface area contributed by atoms with Gasteiger partial charge in [-0.05, 0) is 189 Å². The van der Waals surface area contributed by atoms with Crippen LogP contribution in [0.15, 0.2) is 53.5 Å². The number of aromatic hydroxyl groups is 2. The van der Waals surface area contributed by atoms with Gasteiger partial charge in [0.25, 0.3) is 0 Å². The first-order valence-electron chi connectivity index (χ1n) is 28.9. The van der Waals surface area contributed by atoms with E-state index in [-0.39, 0.29) is 53.5 Å². The Kier molecular flexibility index (Phi) is 16.5. The Morgan fingerprint density at radius 3 is 2.49 bits per heavy atom. The molecule has 0 saturated heterocycles. The maximum absolute atomic E-state index is 12.4. The fraction of sp³-hybridized carbons (Fsp3) is 0.661. The van der Waals surface area contributed by atoms with E-state index in [2.05, 4.69) is 44.3 Å². The molecule has 8 bridgehead atoms. The van der Waals surface area contributed by atoms with Gasteiger partial charge < -0.3 is 55.5 Å². The number of rotatable bonds is 9. The van der Waals surface area contributed by atoms with Crippen LogP contribution in [-0.2, 0) is 24.0 Å². The molecular weight excluding hydrogens is 931 g/mol. The molecule has 0 aromatic heterocycles. The number of nitrogens with one attached hydrogen (secondary N) is 1. The first-order chi connectivity index (χ1) is 35.8. The highest BCUT2D eigenvalue weighted by Crippen LogP contribution is 2.57. The van der Waals surface area contributed by atoms with Crippen LogP contribution >= 0.6 is 0 Å². The lowest BCUT2D eigenvalue weighted by molar-refractivity contribution is 0.0165. The molecule has 10 aliphatic rings. The Morgan fingerprint density at radius 2 is 1.70 bits per heavy atom. The number of hydrogen-bond donors (Lipinski definition) is 7. The van der Waals surface area contributed by atoms with Gasteiger partial charge in [0.1, 0.15) is 29.5 Å². The van der Waals surface area contributed by atoms with E-state index in [1.54, 1.807) is 13.2 Å². The third kappa shape index (κ3) is 11.0. The van der Waals surface area contributed by atoms with Gasteiger partial charge in [0.05, 0.1) is 25.4 Å². The van der Waals surface area contributed by atoms with Crippen molar-refractivity contribution in [2.45, 2.75) is 179 Å². The molecule has 0 amide bonds. The zero-order valence-electron chi connectivity index (χ0n) is 44.8. The van der Waals surface area contributed by atoms with Crippen molar-refractivity contribution in [3.63, 3.8) is 0 Å². The summed E-state index contributed by atoms with van der Waals surface area (Å²) in [6.45, 7) is 8.50. The summed E-state index contributed by atoms with van der Waals surface area (Å²) in [7, 11) is 1.71. The molecule has 12 nitrogen and oxygen atoms in total. The number of phenolic OH excluding ortho intramolecular Hbond substituents is 2. The predicted molar refractivity (Wildman–Crippen MR) is 290 cm³/mol. The third-order valence-corrected chi connectivity index (χ3v) is 19.2. The Balaban J connectivity index is 1.04. The fourth-order valence-corrected chi connectivity index (χ4v) is 15.4. The van der Waals surface area contributed by atoms with E-state index >= 15 is 0 Å². The molecule has 12 heteroatoms. The quantitative estimate of drug-likeness (QED) is 0.101. The summed E-state index contributed by atoms with van der Waals surface area (Å²) in [4.78, 5) is 5.09. The average molecular weight is 1020 g/mol. The highest BCUT2D eigenvalue weighted by molar-refractivity contribution is 5.84. The second-order valence-corrected chi connectivity index (χ2v) is 24.3. The maximum atomic E-state index is 12.4. The number of hydrogen-bond acceptors (Lipinski definition) is 12. The van der Waals surface area contributed by atoms with E-state index in [4.69, 9.17) is 29.7 Å². The van der Waals surface area contributed by atoms with E-state index in [1.807, 2.05) is 24.3 Å². The minimum atomic E-state index is -0.910. The number of nitrogens with zero attached hydrogens (tertiary/aromatic N) is 1. The van der Waals surface area contributed by atoms with Gasteiger partial charge >= 0.3 is 0 Å². The van der Waals surface area contributed by atoms with Gasteiger partial charge in [-0.2, -0.15) is 0 Å². The highest BCUT2D eigenvalue weighted by Gasteiger charge is 2.46. The van der Waals surface area contributed by atoms with Crippen LogP contribution in [0, 0.1) is 46.8 Å². The van der Waals surface area contributed by atoms with E-state index in [0.717, 1.165) is 117 Å². The largest absolute Gasteiger partial charge is 0.508 e. The van der Waals surface area contributed by atoms with Crippen molar-refractivity contribution in [2.75, 3.05) is 33.4 Å². The molecule has 3 fully saturated rings. The van der Waals surface area contributed by atoms with Crippen molar-refractivity contribution < 1.29 is 44.5 Å². The van der Waals surface area contributed by atoms with Crippen LogP contribution < -0.4 is 25.3 Å². The summed E-state index contributed by atoms with van der Waals surface area (Å²) >= 11 is 0. The molecule has 74 heavy (non-hydrogen) atoms. The monoisotopic (exact) mass is 1020 g/mol. The van der Waals surface area contributed by atoms with Crippen molar-refractivity contribution in [1.29, 1.82) is 0 Å². The second kappa shape index (κ2) is 23.0. The van der Waals surface area contributed by atoms with E-state index in [9.17, 15) is 25.5 Å². The lowest BCUT2D eigenvalue weighted by Gasteiger charge is -2.42. The van der Waals surface area contributed by atoms with Crippen molar-refractivity contribution in [2.24, 2.45) is 57.6 Å². The number of benzene rings is 3. The molecule has 12 atom stereocenters. The molecule has 8 N–H and O–H groups in total. The molecule has 5 aliphatic heterocycles. The molecule has 404 valence electrons. The average Bonchev–Trinajstić information content (AvgIpc) is 4.06. The van der Waals surface area contributed by atoms with Gasteiger partial charge in [-0.25, -0.2) is 0 Å². The Hall–Kier alpha value is -4.49. The lowest BCUT2D eigenvalue weighted by Crippen LogP contribution is -2.42. The number of allylic oxidation sites excluding steroid dienone is 2. The normalized spacial score (nSPS) is 32.4. The molecule has 13 rings (SSSR count). The lowest BCUT2D eigenvalue weighted by atomic mass is 9.64. The summed E-state index contributed by atoms with van der Waals surface area (Å²) in [5, 5.41) is 61.7. The van der Waals surface area contributed by atoms with Crippen LogP contribution in [0.1, 0.15) is 163 Å². The van der Waals surface area contributed by atoms with Crippen LogP contribution in [0.25, 0.3) is 11.1 Å². The van der Waals surface area contributed by atoms with E-state index in [1.165, 1.54) is 12.8 Å². The molecule has 5 aliphatic carbocycles. The number of guanidine groups is 1. The van der Waals surface area contributed by atoms with Gasteiger partial charge in [-0.3, -0.25) is 4.99 Å². The highest BCUT2D eigenvalue weighted by atomic mass is 16.5. The molecule has 5 heterocycles. The standard InChI is InChI=1S/C62H87N3O9/c1-5-37-25-39-16-15-38(37)26-45(67)33-62(21-9-11-44(62)20-23-72-46-12-6-7-13-46)35-65-61(63)64-22-19-47-41(34-66)10-8-14-54(47)73-56-30-40(17-18-51(56)68)60-53(70)31-50-55(74-60)32-57(71-4)59-49-28-43(24-36(2)3)52(69)29-42(49)27-48(39)58(50)59/h15-18,28-30,32,36-39,41,44-48,53-54,60,66-70H,5-14,19-27,31,33-35H2,1-4H3,(H3,63,64,65)/t37-,38+,39+,41-,44-,45-,47-,48-,53-,54+,60+,62+/m1/s1. The Morgan fingerprint density at radius 1 is 0.878 bits per heavy atom. The van der Waals surface area contributed by atoms with Crippen LogP contribution in [0.2, 0.25) is 0 Å². The smallest absolute Gasteiger partial charge is 0.188 e. The van der Waals surface area contributed by atoms with Gasteiger partial charge in [-0.1, -0.05) is 64.7 Å². The summed E-state index contributed by atoms with van der Waals surface area (Å²) < 4.78 is 26.6. The number of aliphatic imine (C=N–C) groups is 1. The van der Waals surface area contributed by atoms with Crippen molar-refractivity contribution >= 4 is 5.96 Å². The zero-order valence-corrected chi connectivity index (χ0v) is 44.8. The molecule has 3 saturated carbocycles. The maximum Gasteiger partial charge on any atom is 0.188 e. The molecule has 3 aromatic carbocycles. The van der Waals surface area contributed by atoms with Crippen molar-refractivity contribution in [3.8, 4) is 39.9 Å². The summed E-state index contributed by atoms with van der Waals surface area (Å²) in [5.74, 6) is 3.84. The van der Waals surface area contributed by atoms with Crippen LogP contribution in [-0.4, -0.2) is 89.3 Å². The SMILES string of the molecule is CC[C@@H]1C[C@@H]2C=C[C@H]1C[C@@H](O)C[C@@]1(CCC[C@@H]1CCOC1CCCC1)CN=C(N)NCC[C@@H]1[C@@H](CO)CCC[C@@H]1Oc1cc(ccc1O)[C@@H]1Oc3cc(OC)c4c(c3C[C@H]1O)[C@@H]2Cc1cc(O)c(CC(C)C)cc1-4. The predicted octanol–water partition coefficient (Wildman–Crippen LogP) is 10.6. The number of nitrogens with two attached hydrogens (primary N) is 1. The molecular formula is C62H87N3O9. The van der Waals surface area contributed by atoms with Gasteiger partial charge in [0, 0.05) is 55.8 Å². The van der Waals surface area contributed by atoms with Gasteiger partial charge in [0.2, 0.25) is 0 Å². The Labute approximate surface area is 440 Å². The minimum Gasteiger partial charge on any atom is -0.508 e. The fourth-order valence-electron chi connectivity index (χ4n) is 15.4. The molecule has 3 aromatic rings. The number of ether oxygens (including phenoxy) is 4. The van der Waals surface area contributed by atoms with Gasteiger partial charge in [0.15, 0.2) is 17.5 Å². The third-order valence-electron chi connectivity index (χ3n) is 19.2. The van der Waals surface area contributed by atoms with E-state index in [0.29, 0.717) is 104 Å². The van der Waals surface area contributed by atoms with Crippen LogP contribution in [0.5, 0.6) is 28.7 Å². The Bertz CT molecular complexity index is 2490. The number of aliphatic hydroxyl groups excluding tert-OH is 3. The van der Waals surface area contributed by atoms with Crippen LogP contribution in [0.3, 0.4) is 0 Å². The summed E-state index contributed by atoms with van der Waals surface area (Å²) in [6.07, 6.45) is 20.0. The van der Waals surface area contributed by atoms with Crippen molar-refractivity contribution in [3.05, 3.63) is 76.4 Å². The number of phenols is 2. The molecule has 1 spiro atoms. The zero-order chi connectivity index (χ0) is 51.7. The minimum absolute atomic E-state index is 0.00420. The van der Waals surface area contributed by atoms with Crippen molar-refractivity contribution in [1.82, 2.24) is 5.32 Å². The summed E-state index contributed by atoms with van der Waals surface area (Å²) in [6, 6.07) is 11.4.